The third kappa shape index (κ3) is 4.45. The molecule has 0 aliphatic carbocycles. The quantitative estimate of drug-likeness (QED) is 0.491. The largest absolute Gasteiger partial charge is 0.339 e. The van der Waals surface area contributed by atoms with Crippen molar-refractivity contribution in [2.75, 3.05) is 32.4 Å². The molecular formula is C16H23N3O3S. The van der Waals surface area contributed by atoms with Crippen LogP contribution >= 0.6 is 11.8 Å². The summed E-state index contributed by atoms with van der Waals surface area (Å²) in [5.74, 6) is 0.495. The van der Waals surface area contributed by atoms with Crippen LogP contribution in [0, 0.1) is 16.0 Å². The molecule has 0 spiro atoms. The van der Waals surface area contributed by atoms with Crippen LogP contribution in [0.1, 0.15) is 30.1 Å². The maximum Gasteiger partial charge on any atom is 0.283 e. The first kappa shape index (κ1) is 17.7. The van der Waals surface area contributed by atoms with Gasteiger partial charge in [-0.2, -0.15) is 0 Å². The molecule has 0 radical (unpaired) electrons. The summed E-state index contributed by atoms with van der Waals surface area (Å²) in [6.07, 6.45) is 3.74. The predicted molar refractivity (Wildman–Crippen MR) is 92.0 cm³/mol. The molecule has 0 aromatic heterocycles. The molecule has 0 saturated carbocycles. The summed E-state index contributed by atoms with van der Waals surface area (Å²) in [5, 5.41) is 14.5. The first-order chi connectivity index (χ1) is 11.1. The highest BCUT2D eigenvalue weighted by Gasteiger charge is 2.25. The van der Waals surface area contributed by atoms with Crippen molar-refractivity contribution in [2.45, 2.75) is 24.7 Å². The van der Waals surface area contributed by atoms with E-state index in [0.29, 0.717) is 29.5 Å². The van der Waals surface area contributed by atoms with Gasteiger partial charge in [-0.15, -0.1) is 11.8 Å². The number of likely N-dealkylation sites (tertiary alicyclic amines) is 1. The number of hydrogen-bond donors (Lipinski definition) is 1. The fraction of sp³-hybridized carbons (Fsp3) is 0.562. The minimum Gasteiger partial charge on any atom is -0.339 e. The van der Waals surface area contributed by atoms with Gasteiger partial charge >= 0.3 is 0 Å². The minimum atomic E-state index is -0.425. The van der Waals surface area contributed by atoms with E-state index in [4.69, 9.17) is 0 Å². The molecule has 23 heavy (non-hydrogen) atoms. The van der Waals surface area contributed by atoms with E-state index in [0.717, 1.165) is 25.9 Å². The Kier molecular flexibility index (Phi) is 6.41. The first-order valence-corrected chi connectivity index (χ1v) is 9.11. The van der Waals surface area contributed by atoms with Crippen molar-refractivity contribution in [1.82, 2.24) is 10.2 Å². The van der Waals surface area contributed by atoms with Crippen LogP contribution in [0.3, 0.4) is 0 Å². The highest BCUT2D eigenvalue weighted by atomic mass is 32.2. The number of hydrogen-bond acceptors (Lipinski definition) is 5. The smallest absolute Gasteiger partial charge is 0.283 e. The van der Waals surface area contributed by atoms with Crippen LogP contribution in [0.25, 0.3) is 0 Å². The second-order valence-electron chi connectivity index (χ2n) is 5.69. The number of nitro groups is 1. The van der Waals surface area contributed by atoms with Gasteiger partial charge in [-0.25, -0.2) is 0 Å². The summed E-state index contributed by atoms with van der Waals surface area (Å²) < 4.78 is 0. The molecule has 1 aliphatic rings. The Morgan fingerprint density at radius 1 is 1.43 bits per heavy atom. The van der Waals surface area contributed by atoms with Gasteiger partial charge in [0.25, 0.3) is 11.6 Å². The maximum atomic E-state index is 12.6. The molecule has 7 heteroatoms. The molecule has 6 nitrogen and oxygen atoms in total. The number of thioether (sulfide) groups is 1. The lowest BCUT2D eigenvalue weighted by molar-refractivity contribution is -0.387. The number of nitro benzene ring substituents is 1. The first-order valence-electron chi connectivity index (χ1n) is 7.89. The van der Waals surface area contributed by atoms with Crippen molar-refractivity contribution in [1.29, 1.82) is 0 Å². The summed E-state index contributed by atoms with van der Waals surface area (Å²) in [4.78, 5) is 25.7. The summed E-state index contributed by atoms with van der Waals surface area (Å²) in [7, 11) is 0. The average Bonchev–Trinajstić information content (AvgIpc) is 2.59. The number of carbonyl (C=O) groups excluding carboxylic acids is 1. The Balaban J connectivity index is 2.04. The Morgan fingerprint density at radius 3 is 2.70 bits per heavy atom. The van der Waals surface area contributed by atoms with Crippen molar-refractivity contribution in [2.24, 2.45) is 5.92 Å². The Bertz CT molecular complexity index is 572. The molecule has 1 fully saturated rings. The molecular weight excluding hydrogens is 314 g/mol. The van der Waals surface area contributed by atoms with E-state index in [-0.39, 0.29) is 11.6 Å². The molecule has 1 aromatic carbocycles. The summed E-state index contributed by atoms with van der Waals surface area (Å²) in [6.45, 7) is 5.47. The number of carbonyl (C=O) groups is 1. The van der Waals surface area contributed by atoms with Crippen molar-refractivity contribution in [3.63, 3.8) is 0 Å². The van der Waals surface area contributed by atoms with Crippen molar-refractivity contribution < 1.29 is 9.72 Å². The number of nitrogens with zero attached hydrogens (tertiary/aromatic N) is 2. The molecule has 0 unspecified atom stereocenters. The molecule has 1 heterocycles. The number of benzene rings is 1. The van der Waals surface area contributed by atoms with Crippen LogP contribution in [-0.4, -0.2) is 48.2 Å². The third-order valence-corrected chi connectivity index (χ3v) is 4.99. The van der Waals surface area contributed by atoms with Crippen molar-refractivity contribution in [3.8, 4) is 0 Å². The number of nitrogens with one attached hydrogen (secondary N) is 1. The monoisotopic (exact) mass is 337 g/mol. The van der Waals surface area contributed by atoms with E-state index in [1.807, 2.05) is 0 Å². The third-order valence-electron chi connectivity index (χ3n) is 4.21. The van der Waals surface area contributed by atoms with Gasteiger partial charge < -0.3 is 10.2 Å². The van der Waals surface area contributed by atoms with Crippen LogP contribution in [0.15, 0.2) is 23.1 Å². The second kappa shape index (κ2) is 8.31. The Hall–Kier alpha value is -1.60. The number of piperidine rings is 1. The lowest BCUT2D eigenvalue weighted by atomic mass is 9.96. The molecule has 2 rings (SSSR count). The van der Waals surface area contributed by atoms with Gasteiger partial charge in [0, 0.05) is 24.7 Å². The van der Waals surface area contributed by atoms with E-state index < -0.39 is 4.92 Å². The van der Waals surface area contributed by atoms with E-state index in [1.54, 1.807) is 23.3 Å². The van der Waals surface area contributed by atoms with E-state index in [2.05, 4.69) is 12.2 Å². The Morgan fingerprint density at radius 2 is 2.13 bits per heavy atom. The fourth-order valence-corrected chi connectivity index (χ4v) is 3.38. The second-order valence-corrected chi connectivity index (χ2v) is 6.54. The summed E-state index contributed by atoms with van der Waals surface area (Å²) in [5.41, 5.74) is 0.407. The standard InChI is InChI=1S/C16H23N3O3S/c1-3-17-11-12-6-8-18(9-7-12)16(20)13-4-5-15(23-2)14(10-13)19(21)22/h4-5,10,12,17H,3,6-9,11H2,1-2H3. The van der Waals surface area contributed by atoms with E-state index in [1.165, 1.54) is 17.8 Å². The number of amides is 1. The van der Waals surface area contributed by atoms with Crippen LogP contribution in [-0.2, 0) is 0 Å². The van der Waals surface area contributed by atoms with Crippen LogP contribution in [0.5, 0.6) is 0 Å². The Labute approximate surface area is 140 Å². The summed E-state index contributed by atoms with van der Waals surface area (Å²) in [6, 6.07) is 4.75. The molecule has 1 aliphatic heterocycles. The molecule has 0 bridgehead atoms. The topological polar surface area (TPSA) is 75.5 Å². The van der Waals surface area contributed by atoms with Gasteiger partial charge in [-0.3, -0.25) is 14.9 Å². The fourth-order valence-electron chi connectivity index (χ4n) is 2.84. The van der Waals surface area contributed by atoms with Crippen molar-refractivity contribution >= 4 is 23.4 Å². The van der Waals surface area contributed by atoms with Gasteiger partial charge in [-0.05, 0) is 50.2 Å². The van der Waals surface area contributed by atoms with Gasteiger partial charge in [0.05, 0.1) is 9.82 Å². The highest BCUT2D eigenvalue weighted by molar-refractivity contribution is 7.98. The van der Waals surface area contributed by atoms with Gasteiger partial charge in [0.15, 0.2) is 0 Å². The highest BCUT2D eigenvalue weighted by Crippen LogP contribution is 2.29. The van der Waals surface area contributed by atoms with Crippen LogP contribution < -0.4 is 5.32 Å². The van der Waals surface area contributed by atoms with Gasteiger partial charge in [-0.1, -0.05) is 6.92 Å². The van der Waals surface area contributed by atoms with E-state index >= 15 is 0 Å². The number of rotatable bonds is 6. The van der Waals surface area contributed by atoms with Gasteiger partial charge in [0.2, 0.25) is 0 Å². The zero-order valence-corrected chi connectivity index (χ0v) is 14.4. The molecule has 126 valence electrons. The van der Waals surface area contributed by atoms with Crippen LogP contribution in [0.4, 0.5) is 5.69 Å². The minimum absolute atomic E-state index is 0.00498. The molecule has 1 aromatic rings. The molecule has 1 amide bonds. The normalized spacial score (nSPS) is 15.7. The predicted octanol–water partition coefficient (Wildman–Crippen LogP) is 2.78. The zero-order valence-electron chi connectivity index (χ0n) is 13.6. The lowest BCUT2D eigenvalue weighted by Crippen LogP contribution is -2.40. The van der Waals surface area contributed by atoms with Crippen LogP contribution in [0.2, 0.25) is 0 Å². The molecule has 0 atom stereocenters. The van der Waals surface area contributed by atoms with E-state index in [9.17, 15) is 14.9 Å². The van der Waals surface area contributed by atoms with Crippen molar-refractivity contribution in [3.05, 3.63) is 33.9 Å². The maximum absolute atomic E-state index is 12.6. The summed E-state index contributed by atoms with van der Waals surface area (Å²) >= 11 is 1.31. The SMILES string of the molecule is CCNCC1CCN(C(=O)c2ccc(SC)c([N+](=O)[O-])c2)CC1. The molecule has 1 saturated heterocycles. The lowest BCUT2D eigenvalue weighted by Gasteiger charge is -2.32. The molecule has 1 N–H and O–H groups in total. The average molecular weight is 337 g/mol. The zero-order chi connectivity index (χ0) is 16.8. The van der Waals surface area contributed by atoms with Gasteiger partial charge in [0.1, 0.15) is 0 Å².